The number of nitrogens with one attached hydrogen (secondary N) is 1. The molecule has 0 rings (SSSR count). The molecular formula is C9H12KNO4. The molecule has 78 valence electrons. The summed E-state index contributed by atoms with van der Waals surface area (Å²) in [6, 6.07) is -1.02. The van der Waals surface area contributed by atoms with Crippen molar-refractivity contribution in [3.05, 3.63) is 24.4 Å². The van der Waals surface area contributed by atoms with Gasteiger partial charge in [-0.3, -0.25) is 0 Å². The molecule has 0 aromatic rings. The van der Waals surface area contributed by atoms with E-state index >= 15 is 0 Å². The van der Waals surface area contributed by atoms with E-state index in [0.29, 0.717) is 5.70 Å². The second kappa shape index (κ2) is 9.11. The van der Waals surface area contributed by atoms with Crippen LogP contribution in [0.4, 0.5) is 0 Å². The molecule has 1 atom stereocenters. The molecular weight excluding hydrogens is 225 g/mol. The summed E-state index contributed by atoms with van der Waals surface area (Å²) < 4.78 is 4.35. The Kier molecular flexibility index (Phi) is 10.5. The predicted octanol–water partition coefficient (Wildman–Crippen LogP) is -4.04. The van der Waals surface area contributed by atoms with Crippen LogP contribution in [-0.4, -0.2) is 25.1 Å². The largest absolute Gasteiger partial charge is 1.00 e. The molecule has 0 spiro atoms. The summed E-state index contributed by atoms with van der Waals surface area (Å²) in [6.45, 7) is 4.85. The van der Waals surface area contributed by atoms with Crippen LogP contribution in [0, 0.1) is 0 Å². The van der Waals surface area contributed by atoms with E-state index in [1.54, 1.807) is 0 Å². The zero-order valence-electron chi connectivity index (χ0n) is 9.07. The van der Waals surface area contributed by atoms with E-state index in [0.717, 1.165) is 6.08 Å². The van der Waals surface area contributed by atoms with Gasteiger partial charge in [-0.25, -0.2) is 4.79 Å². The summed E-state index contributed by atoms with van der Waals surface area (Å²) in [7, 11) is 1.23. The van der Waals surface area contributed by atoms with Gasteiger partial charge in [0.1, 0.15) is 0 Å². The molecule has 0 aromatic carbocycles. The van der Waals surface area contributed by atoms with E-state index in [2.05, 4.69) is 16.6 Å². The predicted molar refractivity (Wildman–Crippen MR) is 47.9 cm³/mol. The maximum Gasteiger partial charge on any atom is 1.00 e. The maximum absolute atomic E-state index is 10.7. The summed E-state index contributed by atoms with van der Waals surface area (Å²) in [4.78, 5) is 21.2. The number of carbonyl (C=O) groups is 2. The number of ether oxygens (including phenoxy) is 1. The fourth-order valence-electron chi connectivity index (χ4n) is 0.737. The molecule has 1 N–H and O–H groups in total. The summed E-state index contributed by atoms with van der Waals surface area (Å²) >= 11 is 0. The second-order valence-corrected chi connectivity index (χ2v) is 2.53. The van der Waals surface area contributed by atoms with Crippen LogP contribution < -0.4 is 61.8 Å². The number of carboxylic acids is 1. The average Bonchev–Trinajstić information content (AvgIpc) is 2.13. The first-order valence-electron chi connectivity index (χ1n) is 3.87. The van der Waals surface area contributed by atoms with Gasteiger partial charge in [0.05, 0.1) is 19.1 Å². The summed E-state index contributed by atoms with van der Waals surface area (Å²) in [5.41, 5.74) is 0.367. The minimum atomic E-state index is -1.31. The third-order valence-electron chi connectivity index (χ3n) is 1.41. The van der Waals surface area contributed by atoms with Gasteiger partial charge < -0.3 is 20.0 Å². The van der Waals surface area contributed by atoms with Crippen molar-refractivity contribution in [2.24, 2.45) is 0 Å². The first-order valence-corrected chi connectivity index (χ1v) is 3.87. The van der Waals surface area contributed by atoms with E-state index in [-0.39, 0.29) is 51.4 Å². The van der Waals surface area contributed by atoms with Gasteiger partial charge in [-0.2, -0.15) is 0 Å². The first-order chi connectivity index (χ1) is 6.51. The van der Waals surface area contributed by atoms with Crippen molar-refractivity contribution in [2.45, 2.75) is 13.0 Å². The normalized spacial score (nSPS) is 12.0. The topological polar surface area (TPSA) is 78.5 Å². The van der Waals surface area contributed by atoms with Crippen LogP contribution >= 0.6 is 0 Å². The standard InChI is InChI=1S/C9H13NO4.K/c1-4-7(9(12)13)10-6(2)5-8(11)14-3;/h4-5,7,10H,1H2,2-3H3,(H,12,13);/q;+1/p-1. The average molecular weight is 237 g/mol. The smallest absolute Gasteiger partial charge is 0.548 e. The summed E-state index contributed by atoms with van der Waals surface area (Å²) in [5, 5.41) is 12.9. The molecule has 0 radical (unpaired) electrons. The molecule has 0 amide bonds. The Balaban J connectivity index is 0. The monoisotopic (exact) mass is 237 g/mol. The molecule has 1 unspecified atom stereocenters. The van der Waals surface area contributed by atoms with Gasteiger partial charge in [-0.05, 0) is 6.92 Å². The van der Waals surface area contributed by atoms with Crippen LogP contribution in [0.1, 0.15) is 6.92 Å². The van der Waals surface area contributed by atoms with Crippen molar-refractivity contribution in [2.75, 3.05) is 7.11 Å². The molecule has 0 fully saturated rings. The molecule has 0 aliphatic carbocycles. The zero-order chi connectivity index (χ0) is 11.1. The number of allylic oxidation sites excluding steroid dienone is 1. The fourth-order valence-corrected chi connectivity index (χ4v) is 0.737. The molecule has 0 bridgehead atoms. The van der Waals surface area contributed by atoms with Gasteiger partial charge >= 0.3 is 57.4 Å². The number of methoxy groups -OCH3 is 1. The molecule has 0 aliphatic rings. The molecule has 0 heterocycles. The van der Waals surface area contributed by atoms with Gasteiger partial charge in [-0.15, -0.1) is 6.58 Å². The van der Waals surface area contributed by atoms with Crippen molar-refractivity contribution in [3.63, 3.8) is 0 Å². The van der Waals surface area contributed by atoms with Crippen molar-refractivity contribution in [1.82, 2.24) is 5.32 Å². The number of rotatable bonds is 5. The van der Waals surface area contributed by atoms with Gasteiger partial charge in [0, 0.05) is 11.8 Å². The molecule has 6 heteroatoms. The Morgan fingerprint density at radius 3 is 2.40 bits per heavy atom. The van der Waals surface area contributed by atoms with E-state index in [1.807, 2.05) is 0 Å². The van der Waals surface area contributed by atoms with Crippen molar-refractivity contribution in [1.29, 1.82) is 0 Å². The fraction of sp³-hybridized carbons (Fsp3) is 0.333. The van der Waals surface area contributed by atoms with Crippen molar-refractivity contribution < 1.29 is 70.8 Å². The van der Waals surface area contributed by atoms with Crippen LogP contribution in [0.5, 0.6) is 0 Å². The Morgan fingerprint density at radius 1 is 1.53 bits per heavy atom. The Hall–Kier alpha value is -0.144. The third-order valence-corrected chi connectivity index (χ3v) is 1.41. The quantitative estimate of drug-likeness (QED) is 0.228. The van der Waals surface area contributed by atoms with Gasteiger partial charge in [-0.1, -0.05) is 6.08 Å². The van der Waals surface area contributed by atoms with Crippen LogP contribution in [-0.2, 0) is 14.3 Å². The van der Waals surface area contributed by atoms with E-state index in [4.69, 9.17) is 0 Å². The number of aliphatic carboxylic acids is 1. The van der Waals surface area contributed by atoms with Crippen LogP contribution in [0.25, 0.3) is 0 Å². The van der Waals surface area contributed by atoms with Crippen LogP contribution in [0.3, 0.4) is 0 Å². The third kappa shape index (κ3) is 7.75. The second-order valence-electron chi connectivity index (χ2n) is 2.53. The Morgan fingerprint density at radius 2 is 2.07 bits per heavy atom. The molecule has 15 heavy (non-hydrogen) atoms. The zero-order valence-corrected chi connectivity index (χ0v) is 12.2. The molecule has 0 aliphatic heterocycles. The number of hydrogen-bond donors (Lipinski definition) is 1. The molecule has 5 nitrogen and oxygen atoms in total. The van der Waals surface area contributed by atoms with Gasteiger partial charge in [0.2, 0.25) is 0 Å². The minimum absolute atomic E-state index is 0. The minimum Gasteiger partial charge on any atom is -0.548 e. The van der Waals surface area contributed by atoms with Gasteiger partial charge in [0.15, 0.2) is 0 Å². The Bertz CT molecular complexity index is 275. The first kappa shape index (κ1) is 17.3. The molecule has 0 saturated carbocycles. The SMILES string of the molecule is C=CC(NC(C)=CC(=O)OC)C(=O)[O-].[K+]. The van der Waals surface area contributed by atoms with Crippen molar-refractivity contribution in [3.8, 4) is 0 Å². The van der Waals surface area contributed by atoms with Crippen LogP contribution in [0.2, 0.25) is 0 Å². The molecule has 0 aromatic heterocycles. The van der Waals surface area contributed by atoms with E-state index in [1.165, 1.54) is 20.1 Å². The number of esters is 1. The maximum atomic E-state index is 10.7. The van der Waals surface area contributed by atoms with E-state index in [9.17, 15) is 14.7 Å². The van der Waals surface area contributed by atoms with Crippen molar-refractivity contribution >= 4 is 11.9 Å². The Labute approximate surface area is 131 Å². The number of carbonyl (C=O) groups excluding carboxylic acids is 2. The van der Waals surface area contributed by atoms with E-state index < -0.39 is 18.0 Å². The number of hydrogen-bond acceptors (Lipinski definition) is 5. The summed E-state index contributed by atoms with van der Waals surface area (Å²) in [5.74, 6) is -1.87. The van der Waals surface area contributed by atoms with Crippen LogP contribution in [0.15, 0.2) is 24.4 Å². The molecule has 0 saturated heterocycles. The van der Waals surface area contributed by atoms with Gasteiger partial charge in [0.25, 0.3) is 0 Å². The number of carboxylic acid groups (broad SMARTS) is 1. The summed E-state index contributed by atoms with van der Waals surface area (Å²) in [6.07, 6.45) is 2.31.